The molecule has 0 aliphatic carbocycles. The number of nitrogens with one attached hydrogen (secondary N) is 1. The minimum atomic E-state index is 0.698. The van der Waals surface area contributed by atoms with Gasteiger partial charge in [-0.3, -0.25) is 0 Å². The highest BCUT2D eigenvalue weighted by Gasteiger charge is 1.93. The van der Waals surface area contributed by atoms with Gasteiger partial charge in [-0.15, -0.1) is 0 Å². The number of benzene rings is 1. The normalized spacial score (nSPS) is 10.3. The van der Waals surface area contributed by atoms with Crippen molar-refractivity contribution in [3.63, 3.8) is 0 Å². The van der Waals surface area contributed by atoms with Gasteiger partial charge in [-0.2, -0.15) is 0 Å². The van der Waals surface area contributed by atoms with E-state index < -0.39 is 0 Å². The Bertz CT molecular complexity index is 228. The van der Waals surface area contributed by atoms with E-state index in [4.69, 9.17) is 0 Å². The lowest BCUT2D eigenvalue weighted by molar-refractivity contribution is 0.689. The molecule has 1 nitrogen and oxygen atoms in total. The van der Waals surface area contributed by atoms with E-state index in [1.165, 1.54) is 9.26 Å². The zero-order valence-corrected chi connectivity index (χ0v) is 9.63. The Labute approximate surface area is 87.7 Å². The van der Waals surface area contributed by atoms with E-state index in [0.29, 0.717) is 5.92 Å². The number of hydrogen-bond acceptors (Lipinski definition) is 1. The summed E-state index contributed by atoms with van der Waals surface area (Å²) in [5.74, 6) is 0.698. The van der Waals surface area contributed by atoms with Crippen molar-refractivity contribution >= 4 is 28.3 Å². The van der Waals surface area contributed by atoms with Crippen LogP contribution in [0.25, 0.3) is 0 Å². The second-order valence-corrected chi connectivity index (χ2v) is 4.53. The molecule has 2 heteroatoms. The van der Waals surface area contributed by atoms with E-state index in [-0.39, 0.29) is 0 Å². The quantitative estimate of drug-likeness (QED) is 0.834. The van der Waals surface area contributed by atoms with Crippen LogP contribution in [0.4, 0.5) is 5.69 Å². The first kappa shape index (κ1) is 9.84. The van der Waals surface area contributed by atoms with Gasteiger partial charge in [0.1, 0.15) is 0 Å². The lowest BCUT2D eigenvalue weighted by Gasteiger charge is -2.08. The summed E-state index contributed by atoms with van der Waals surface area (Å²) in [6, 6.07) is 8.46. The first-order valence-corrected chi connectivity index (χ1v) is 5.26. The molecular formula is C10H14IN. The number of anilines is 1. The SMILES string of the molecule is CC(C)CNc1ccc(I)cc1. The summed E-state index contributed by atoms with van der Waals surface area (Å²) in [5.41, 5.74) is 1.21. The number of halogens is 1. The molecule has 0 fully saturated rings. The third-order valence-electron chi connectivity index (χ3n) is 1.56. The molecule has 0 saturated carbocycles. The molecule has 0 radical (unpaired) electrons. The van der Waals surface area contributed by atoms with Gasteiger partial charge in [-0.25, -0.2) is 0 Å². The topological polar surface area (TPSA) is 12.0 Å². The van der Waals surface area contributed by atoms with E-state index in [9.17, 15) is 0 Å². The Hall–Kier alpha value is -0.250. The standard InChI is InChI=1S/C10H14IN/c1-8(2)7-12-10-5-3-9(11)4-6-10/h3-6,8,12H,7H2,1-2H3. The minimum absolute atomic E-state index is 0.698. The Balaban J connectivity index is 2.48. The molecule has 0 aromatic heterocycles. The van der Waals surface area contributed by atoms with E-state index in [1.54, 1.807) is 0 Å². The average Bonchev–Trinajstić information content (AvgIpc) is 2.03. The molecule has 0 spiro atoms. The third-order valence-corrected chi connectivity index (χ3v) is 2.28. The maximum atomic E-state index is 3.37. The molecule has 1 rings (SSSR count). The van der Waals surface area contributed by atoms with Crippen LogP contribution in [-0.4, -0.2) is 6.54 Å². The van der Waals surface area contributed by atoms with Crippen molar-refractivity contribution in [2.75, 3.05) is 11.9 Å². The van der Waals surface area contributed by atoms with E-state index in [1.807, 2.05) is 0 Å². The maximum absolute atomic E-state index is 3.37. The van der Waals surface area contributed by atoms with Crippen LogP contribution in [0.1, 0.15) is 13.8 Å². The van der Waals surface area contributed by atoms with Crippen LogP contribution in [0, 0.1) is 9.49 Å². The summed E-state index contributed by atoms with van der Waals surface area (Å²) in [5, 5.41) is 3.37. The second kappa shape index (κ2) is 4.70. The maximum Gasteiger partial charge on any atom is 0.0340 e. The van der Waals surface area contributed by atoms with Crippen LogP contribution in [0.5, 0.6) is 0 Å². The molecule has 0 saturated heterocycles. The van der Waals surface area contributed by atoms with E-state index in [0.717, 1.165) is 6.54 Å². The van der Waals surface area contributed by atoms with Crippen LogP contribution in [0.15, 0.2) is 24.3 Å². The van der Waals surface area contributed by atoms with Gasteiger partial charge in [-0.05, 0) is 52.8 Å². The van der Waals surface area contributed by atoms with Crippen LogP contribution in [-0.2, 0) is 0 Å². The van der Waals surface area contributed by atoms with Crippen LogP contribution in [0.2, 0.25) is 0 Å². The van der Waals surface area contributed by atoms with Gasteiger partial charge in [0.2, 0.25) is 0 Å². The van der Waals surface area contributed by atoms with Crippen molar-refractivity contribution in [1.82, 2.24) is 0 Å². The molecular weight excluding hydrogens is 261 g/mol. The summed E-state index contributed by atoms with van der Waals surface area (Å²) >= 11 is 2.31. The Morgan fingerprint density at radius 3 is 2.33 bits per heavy atom. The van der Waals surface area contributed by atoms with Crippen molar-refractivity contribution in [3.8, 4) is 0 Å². The van der Waals surface area contributed by atoms with Crippen LogP contribution < -0.4 is 5.32 Å². The molecule has 0 bridgehead atoms. The number of hydrogen-bond donors (Lipinski definition) is 1. The van der Waals surface area contributed by atoms with Crippen LogP contribution >= 0.6 is 22.6 Å². The first-order chi connectivity index (χ1) is 5.68. The van der Waals surface area contributed by atoms with Gasteiger partial charge in [-0.1, -0.05) is 13.8 Å². The van der Waals surface area contributed by atoms with Gasteiger partial charge < -0.3 is 5.32 Å². The van der Waals surface area contributed by atoms with Gasteiger partial charge in [0, 0.05) is 15.8 Å². The van der Waals surface area contributed by atoms with Crippen molar-refractivity contribution < 1.29 is 0 Å². The van der Waals surface area contributed by atoms with Gasteiger partial charge >= 0.3 is 0 Å². The van der Waals surface area contributed by atoms with Crippen molar-refractivity contribution in [2.45, 2.75) is 13.8 Å². The predicted molar refractivity (Wildman–Crippen MR) is 62.5 cm³/mol. The monoisotopic (exact) mass is 275 g/mol. The lowest BCUT2D eigenvalue weighted by Crippen LogP contribution is -2.07. The molecule has 0 aliphatic heterocycles. The third kappa shape index (κ3) is 3.43. The van der Waals surface area contributed by atoms with Crippen molar-refractivity contribution in [3.05, 3.63) is 27.8 Å². The highest BCUT2D eigenvalue weighted by Crippen LogP contribution is 2.11. The molecule has 1 aromatic carbocycles. The summed E-state index contributed by atoms with van der Waals surface area (Å²) in [6.07, 6.45) is 0. The predicted octanol–water partition coefficient (Wildman–Crippen LogP) is 3.36. The fraction of sp³-hybridized carbons (Fsp3) is 0.400. The molecule has 0 heterocycles. The average molecular weight is 275 g/mol. The number of rotatable bonds is 3. The lowest BCUT2D eigenvalue weighted by atomic mass is 10.2. The highest BCUT2D eigenvalue weighted by atomic mass is 127. The molecule has 66 valence electrons. The molecule has 12 heavy (non-hydrogen) atoms. The summed E-state index contributed by atoms with van der Waals surface area (Å²) in [7, 11) is 0. The van der Waals surface area contributed by atoms with Gasteiger partial charge in [0.15, 0.2) is 0 Å². The Morgan fingerprint density at radius 2 is 1.83 bits per heavy atom. The van der Waals surface area contributed by atoms with E-state index >= 15 is 0 Å². The van der Waals surface area contributed by atoms with Gasteiger partial charge in [0.25, 0.3) is 0 Å². The Kier molecular flexibility index (Phi) is 3.85. The smallest absolute Gasteiger partial charge is 0.0340 e. The summed E-state index contributed by atoms with van der Waals surface area (Å²) < 4.78 is 1.28. The zero-order valence-electron chi connectivity index (χ0n) is 7.47. The molecule has 1 aromatic rings. The largest absolute Gasteiger partial charge is 0.385 e. The second-order valence-electron chi connectivity index (χ2n) is 3.28. The van der Waals surface area contributed by atoms with Gasteiger partial charge in [0.05, 0.1) is 0 Å². The highest BCUT2D eigenvalue weighted by molar-refractivity contribution is 14.1. The fourth-order valence-electron chi connectivity index (χ4n) is 0.890. The van der Waals surface area contributed by atoms with E-state index in [2.05, 4.69) is 66.0 Å². The molecule has 0 atom stereocenters. The van der Waals surface area contributed by atoms with Crippen molar-refractivity contribution in [2.24, 2.45) is 5.92 Å². The zero-order chi connectivity index (χ0) is 8.97. The Morgan fingerprint density at radius 1 is 1.25 bits per heavy atom. The van der Waals surface area contributed by atoms with Crippen LogP contribution in [0.3, 0.4) is 0 Å². The minimum Gasteiger partial charge on any atom is -0.385 e. The molecule has 0 unspecified atom stereocenters. The summed E-state index contributed by atoms with van der Waals surface area (Å²) in [4.78, 5) is 0. The molecule has 0 amide bonds. The summed E-state index contributed by atoms with van der Waals surface area (Å²) in [6.45, 7) is 5.46. The molecule has 0 aliphatic rings. The first-order valence-electron chi connectivity index (χ1n) is 4.18. The fourth-order valence-corrected chi connectivity index (χ4v) is 1.25. The molecule has 1 N–H and O–H groups in total. The van der Waals surface area contributed by atoms with Crippen molar-refractivity contribution in [1.29, 1.82) is 0 Å².